The Morgan fingerprint density at radius 2 is 1.58 bits per heavy atom. The fraction of sp³-hybridized carbons (Fsp3) is 0.263. The van der Waals surface area contributed by atoms with E-state index in [0.29, 0.717) is 22.6 Å². The highest BCUT2D eigenvalue weighted by Crippen LogP contribution is 2.29. The average molecular weight is 327 g/mol. The number of carboxylic acid groups (broad SMARTS) is 1. The SMILES string of the molecule is CN(C)C(=O)c1cccc(Oc2cccc(C(C)(C)C(=O)O)c2)c1. The maximum atomic E-state index is 12.0. The second kappa shape index (κ2) is 6.74. The molecule has 24 heavy (non-hydrogen) atoms. The van der Waals surface area contributed by atoms with E-state index < -0.39 is 11.4 Å². The van der Waals surface area contributed by atoms with Gasteiger partial charge in [0.2, 0.25) is 0 Å². The molecule has 0 bridgehead atoms. The van der Waals surface area contributed by atoms with Crippen LogP contribution in [0.4, 0.5) is 0 Å². The lowest BCUT2D eigenvalue weighted by Gasteiger charge is -2.20. The van der Waals surface area contributed by atoms with Crippen LogP contribution >= 0.6 is 0 Å². The molecule has 0 aliphatic carbocycles. The molecule has 1 amide bonds. The van der Waals surface area contributed by atoms with Crippen molar-refractivity contribution in [3.05, 3.63) is 59.7 Å². The third kappa shape index (κ3) is 3.74. The Morgan fingerprint density at radius 3 is 2.17 bits per heavy atom. The van der Waals surface area contributed by atoms with Crippen molar-refractivity contribution < 1.29 is 19.4 Å². The number of carboxylic acids is 1. The van der Waals surface area contributed by atoms with Gasteiger partial charge in [0, 0.05) is 19.7 Å². The van der Waals surface area contributed by atoms with Crippen molar-refractivity contribution in [2.75, 3.05) is 14.1 Å². The second-order valence-electron chi connectivity index (χ2n) is 6.29. The normalized spacial score (nSPS) is 11.0. The topological polar surface area (TPSA) is 66.8 Å². The second-order valence-corrected chi connectivity index (χ2v) is 6.29. The third-order valence-electron chi connectivity index (χ3n) is 3.81. The zero-order valence-corrected chi connectivity index (χ0v) is 14.2. The van der Waals surface area contributed by atoms with E-state index in [9.17, 15) is 14.7 Å². The molecule has 0 aliphatic rings. The molecule has 2 aromatic carbocycles. The van der Waals surface area contributed by atoms with E-state index in [2.05, 4.69) is 0 Å². The molecule has 0 heterocycles. The summed E-state index contributed by atoms with van der Waals surface area (Å²) < 4.78 is 5.80. The van der Waals surface area contributed by atoms with Gasteiger partial charge in [-0.1, -0.05) is 18.2 Å². The summed E-state index contributed by atoms with van der Waals surface area (Å²) in [7, 11) is 3.38. The van der Waals surface area contributed by atoms with Crippen LogP contribution in [-0.4, -0.2) is 36.0 Å². The van der Waals surface area contributed by atoms with Crippen molar-refractivity contribution in [3.63, 3.8) is 0 Å². The van der Waals surface area contributed by atoms with Gasteiger partial charge >= 0.3 is 5.97 Å². The molecule has 1 N–H and O–H groups in total. The average Bonchev–Trinajstić information content (AvgIpc) is 2.54. The molecule has 0 spiro atoms. The lowest BCUT2D eigenvalue weighted by atomic mass is 9.85. The number of nitrogens with zero attached hydrogens (tertiary/aromatic N) is 1. The monoisotopic (exact) mass is 327 g/mol. The van der Waals surface area contributed by atoms with Crippen LogP contribution in [0.25, 0.3) is 0 Å². The number of hydrogen-bond donors (Lipinski definition) is 1. The molecular weight excluding hydrogens is 306 g/mol. The van der Waals surface area contributed by atoms with Crippen LogP contribution < -0.4 is 4.74 Å². The van der Waals surface area contributed by atoms with Crippen LogP contribution in [0.15, 0.2) is 48.5 Å². The Labute approximate surface area is 141 Å². The summed E-state index contributed by atoms with van der Waals surface area (Å²) in [5.41, 5.74) is 0.162. The fourth-order valence-electron chi connectivity index (χ4n) is 2.16. The van der Waals surface area contributed by atoms with Gasteiger partial charge in [-0.2, -0.15) is 0 Å². The van der Waals surface area contributed by atoms with Crippen LogP contribution in [0.3, 0.4) is 0 Å². The molecule has 0 saturated heterocycles. The van der Waals surface area contributed by atoms with E-state index in [1.54, 1.807) is 76.5 Å². The highest BCUT2D eigenvalue weighted by atomic mass is 16.5. The van der Waals surface area contributed by atoms with Gasteiger partial charge in [0.05, 0.1) is 5.41 Å². The fourth-order valence-corrected chi connectivity index (χ4v) is 2.16. The molecule has 0 saturated carbocycles. The molecular formula is C19H21NO4. The highest BCUT2D eigenvalue weighted by Gasteiger charge is 2.29. The molecule has 126 valence electrons. The van der Waals surface area contributed by atoms with Crippen molar-refractivity contribution in [3.8, 4) is 11.5 Å². The van der Waals surface area contributed by atoms with Crippen molar-refractivity contribution >= 4 is 11.9 Å². The molecule has 5 heteroatoms. The van der Waals surface area contributed by atoms with E-state index in [4.69, 9.17) is 4.74 Å². The van der Waals surface area contributed by atoms with Crippen LogP contribution in [-0.2, 0) is 10.2 Å². The van der Waals surface area contributed by atoms with Gasteiger partial charge in [-0.25, -0.2) is 0 Å². The van der Waals surface area contributed by atoms with Crippen molar-refractivity contribution in [2.24, 2.45) is 0 Å². The number of carbonyl (C=O) groups is 2. The number of aliphatic carboxylic acids is 1. The number of rotatable bonds is 5. The molecule has 2 rings (SSSR count). The zero-order chi connectivity index (χ0) is 17.9. The van der Waals surface area contributed by atoms with E-state index in [0.717, 1.165) is 0 Å². The molecule has 0 unspecified atom stereocenters. The van der Waals surface area contributed by atoms with Gasteiger partial charge in [-0.05, 0) is 49.7 Å². The van der Waals surface area contributed by atoms with Gasteiger partial charge in [0.1, 0.15) is 11.5 Å². The first-order chi connectivity index (χ1) is 11.2. The highest BCUT2D eigenvalue weighted by molar-refractivity contribution is 5.94. The quantitative estimate of drug-likeness (QED) is 0.912. The van der Waals surface area contributed by atoms with E-state index in [1.165, 1.54) is 4.90 Å². The molecule has 0 fully saturated rings. The first-order valence-corrected chi connectivity index (χ1v) is 7.55. The van der Waals surface area contributed by atoms with Crippen LogP contribution in [0, 0.1) is 0 Å². The molecule has 0 radical (unpaired) electrons. The summed E-state index contributed by atoms with van der Waals surface area (Å²) in [5.74, 6) is 0.0312. The number of benzene rings is 2. The minimum Gasteiger partial charge on any atom is -0.481 e. The summed E-state index contributed by atoms with van der Waals surface area (Å²) in [6, 6.07) is 13.8. The standard InChI is InChI=1S/C19H21NO4/c1-19(2,18(22)23)14-8-6-10-16(12-14)24-15-9-5-7-13(11-15)17(21)20(3)4/h5-12H,1-4H3,(H,22,23). The van der Waals surface area contributed by atoms with Crippen LogP contribution in [0.2, 0.25) is 0 Å². The number of carbonyl (C=O) groups excluding carboxylic acids is 1. The van der Waals surface area contributed by atoms with Crippen molar-refractivity contribution in [1.29, 1.82) is 0 Å². The maximum Gasteiger partial charge on any atom is 0.313 e. The largest absolute Gasteiger partial charge is 0.481 e. The summed E-state index contributed by atoms with van der Waals surface area (Å²) in [6.45, 7) is 3.29. The third-order valence-corrected chi connectivity index (χ3v) is 3.81. The number of ether oxygens (including phenoxy) is 1. The van der Waals surface area contributed by atoms with Crippen LogP contribution in [0.1, 0.15) is 29.8 Å². The first kappa shape index (κ1) is 17.5. The molecule has 5 nitrogen and oxygen atoms in total. The van der Waals surface area contributed by atoms with E-state index >= 15 is 0 Å². The first-order valence-electron chi connectivity index (χ1n) is 7.55. The summed E-state index contributed by atoms with van der Waals surface area (Å²) in [5, 5.41) is 9.34. The summed E-state index contributed by atoms with van der Waals surface area (Å²) >= 11 is 0. The Balaban J connectivity index is 2.28. The Hall–Kier alpha value is -2.82. The van der Waals surface area contributed by atoms with Crippen molar-refractivity contribution in [2.45, 2.75) is 19.3 Å². The predicted octanol–water partition coefficient (Wildman–Crippen LogP) is 3.54. The lowest BCUT2D eigenvalue weighted by molar-refractivity contribution is -0.142. The molecule has 0 atom stereocenters. The van der Waals surface area contributed by atoms with Crippen LogP contribution in [0.5, 0.6) is 11.5 Å². The van der Waals surface area contributed by atoms with E-state index in [-0.39, 0.29) is 5.91 Å². The van der Waals surface area contributed by atoms with Gasteiger partial charge in [-0.15, -0.1) is 0 Å². The summed E-state index contributed by atoms with van der Waals surface area (Å²) in [4.78, 5) is 24.9. The minimum atomic E-state index is -1.01. The van der Waals surface area contributed by atoms with Gasteiger partial charge in [0.15, 0.2) is 0 Å². The predicted molar refractivity (Wildman–Crippen MR) is 91.6 cm³/mol. The number of hydrogen-bond acceptors (Lipinski definition) is 3. The smallest absolute Gasteiger partial charge is 0.313 e. The molecule has 0 aliphatic heterocycles. The zero-order valence-electron chi connectivity index (χ0n) is 14.2. The minimum absolute atomic E-state index is 0.110. The number of amides is 1. The lowest BCUT2D eigenvalue weighted by Crippen LogP contribution is -2.28. The maximum absolute atomic E-state index is 12.0. The van der Waals surface area contributed by atoms with E-state index in [1.807, 2.05) is 0 Å². The van der Waals surface area contributed by atoms with Crippen molar-refractivity contribution in [1.82, 2.24) is 4.90 Å². The Morgan fingerprint density at radius 1 is 1.00 bits per heavy atom. The van der Waals surface area contributed by atoms with Gasteiger partial charge in [-0.3, -0.25) is 9.59 Å². The Kier molecular flexibility index (Phi) is 4.93. The summed E-state index contributed by atoms with van der Waals surface area (Å²) in [6.07, 6.45) is 0. The van der Waals surface area contributed by atoms with Gasteiger partial charge < -0.3 is 14.7 Å². The molecule has 0 aromatic heterocycles. The van der Waals surface area contributed by atoms with Gasteiger partial charge in [0.25, 0.3) is 5.91 Å². The molecule has 2 aromatic rings. The Bertz CT molecular complexity index is 765.